The van der Waals surface area contributed by atoms with Crippen LogP contribution in [-0.2, 0) is 25.7 Å². The van der Waals surface area contributed by atoms with E-state index in [-0.39, 0.29) is 11.4 Å². The summed E-state index contributed by atoms with van der Waals surface area (Å²) in [6, 6.07) is 4.09. The van der Waals surface area contributed by atoms with Crippen LogP contribution in [0.15, 0.2) is 16.5 Å². The van der Waals surface area contributed by atoms with Crippen molar-refractivity contribution in [2.75, 3.05) is 39.3 Å². The second-order valence-electron chi connectivity index (χ2n) is 10.1. The van der Waals surface area contributed by atoms with Gasteiger partial charge in [-0.2, -0.15) is 26.3 Å². The van der Waals surface area contributed by atoms with Crippen molar-refractivity contribution in [2.45, 2.75) is 59.4 Å². The van der Waals surface area contributed by atoms with Crippen LogP contribution in [0, 0.1) is 24.2 Å². The van der Waals surface area contributed by atoms with Crippen LogP contribution in [0.25, 0.3) is 0 Å². The molecule has 2 fully saturated rings. The number of rotatable bonds is 6. The highest BCUT2D eigenvalue weighted by Gasteiger charge is 2.54. The van der Waals surface area contributed by atoms with E-state index in [4.69, 9.17) is 29.0 Å². The van der Waals surface area contributed by atoms with Gasteiger partial charge in [0.25, 0.3) is 0 Å². The molecule has 0 aliphatic carbocycles. The number of aliphatic carboxylic acids is 2. The Morgan fingerprint density at radius 3 is 2.00 bits per heavy atom. The fraction of sp³-hybridized carbons (Fsp3) is 0.720. The molecule has 0 amide bonds. The Bertz CT molecular complexity index is 956. The molecule has 2 atom stereocenters. The summed E-state index contributed by atoms with van der Waals surface area (Å²) in [5.41, 5.74) is -0.335. The van der Waals surface area contributed by atoms with Crippen molar-refractivity contribution in [2.24, 2.45) is 17.3 Å². The normalized spacial score (nSPS) is 21.8. The third-order valence-corrected chi connectivity index (χ3v) is 6.31. The van der Waals surface area contributed by atoms with Gasteiger partial charge in [-0.25, -0.2) is 9.59 Å². The van der Waals surface area contributed by atoms with Crippen LogP contribution in [0.4, 0.5) is 26.3 Å². The standard InChI is InChI=1S/C21H34N2O3.2C2HF3O2/c1-5-25-20(24)21-9-6-10-22(14-19-8-7-17(4)26-19)12-18(21)13-23(15-21)11-16(2)3;2*3-2(4,5)1(6)7/h7-8,16,18H,5-6,9-15H2,1-4H3;2*(H,6,7)/t18-,21-;;/m0../s1. The molecule has 3 rings (SSSR count). The quantitative estimate of drug-likeness (QED) is 0.362. The average molecular weight is 591 g/mol. The number of esters is 1. The van der Waals surface area contributed by atoms with Crippen LogP contribution in [-0.4, -0.2) is 89.6 Å². The van der Waals surface area contributed by atoms with Crippen molar-refractivity contribution in [3.63, 3.8) is 0 Å². The Hall–Kier alpha value is -2.81. The zero-order valence-corrected chi connectivity index (χ0v) is 22.8. The summed E-state index contributed by atoms with van der Waals surface area (Å²) in [6.07, 6.45) is -8.21. The average Bonchev–Trinajstić information content (AvgIpc) is 3.31. The number of carbonyl (C=O) groups excluding carboxylic acids is 1. The summed E-state index contributed by atoms with van der Waals surface area (Å²) < 4.78 is 74.8. The number of furan rings is 1. The monoisotopic (exact) mass is 590 g/mol. The molecule has 2 N–H and O–H groups in total. The highest BCUT2D eigenvalue weighted by molar-refractivity contribution is 5.78. The minimum Gasteiger partial charge on any atom is -0.475 e. The zero-order chi connectivity index (χ0) is 30.9. The summed E-state index contributed by atoms with van der Waals surface area (Å²) in [7, 11) is 0. The minimum absolute atomic E-state index is 0.0203. The predicted molar refractivity (Wildman–Crippen MR) is 129 cm³/mol. The number of carboxylic acid groups (broad SMARTS) is 2. The van der Waals surface area contributed by atoms with Gasteiger partial charge in [0, 0.05) is 32.1 Å². The van der Waals surface area contributed by atoms with Crippen LogP contribution in [0.5, 0.6) is 0 Å². The number of carboxylic acids is 2. The molecule has 0 saturated carbocycles. The van der Waals surface area contributed by atoms with E-state index in [2.05, 4.69) is 29.7 Å². The SMILES string of the molecule is CCOC(=O)[C@]12CCCN(Cc3ccc(C)o3)C[C@H]1CN(CC(C)C)C2.O=C(O)C(F)(F)F.O=C(O)C(F)(F)F. The second-order valence-corrected chi connectivity index (χ2v) is 10.1. The van der Waals surface area contributed by atoms with E-state index in [1.54, 1.807) is 0 Å². The van der Waals surface area contributed by atoms with Gasteiger partial charge >= 0.3 is 30.3 Å². The highest BCUT2D eigenvalue weighted by atomic mass is 19.4. The Balaban J connectivity index is 0.000000473. The first-order chi connectivity index (χ1) is 18.3. The lowest BCUT2D eigenvalue weighted by Gasteiger charge is -2.31. The van der Waals surface area contributed by atoms with Gasteiger partial charge in [-0.3, -0.25) is 9.69 Å². The maximum Gasteiger partial charge on any atom is 0.490 e. The van der Waals surface area contributed by atoms with Crippen molar-refractivity contribution < 1.29 is 60.1 Å². The molecule has 40 heavy (non-hydrogen) atoms. The number of nitrogens with zero attached hydrogens (tertiary/aromatic N) is 2. The lowest BCUT2D eigenvalue weighted by molar-refractivity contribution is -0.193. The molecule has 15 heteroatoms. The first-order valence-corrected chi connectivity index (χ1v) is 12.6. The molecule has 0 aromatic carbocycles. The maximum absolute atomic E-state index is 13.0. The molecule has 3 heterocycles. The van der Waals surface area contributed by atoms with Gasteiger partial charge in [0.05, 0.1) is 18.6 Å². The van der Waals surface area contributed by atoms with Crippen molar-refractivity contribution in [3.8, 4) is 0 Å². The Labute approximate surface area is 228 Å². The van der Waals surface area contributed by atoms with E-state index >= 15 is 0 Å². The van der Waals surface area contributed by atoms with Gasteiger partial charge in [0.2, 0.25) is 0 Å². The molecule has 0 radical (unpaired) electrons. The lowest BCUT2D eigenvalue weighted by Crippen LogP contribution is -2.42. The van der Waals surface area contributed by atoms with Crippen molar-refractivity contribution >= 4 is 17.9 Å². The number of halogens is 6. The molecule has 2 aliphatic heterocycles. The van der Waals surface area contributed by atoms with Crippen LogP contribution in [0.3, 0.4) is 0 Å². The lowest BCUT2D eigenvalue weighted by atomic mass is 9.75. The number of carbonyl (C=O) groups is 3. The minimum atomic E-state index is -5.08. The first kappa shape index (κ1) is 35.2. The second kappa shape index (κ2) is 14.7. The molecule has 0 spiro atoms. The van der Waals surface area contributed by atoms with Gasteiger partial charge in [-0.05, 0) is 51.3 Å². The topological polar surface area (TPSA) is 121 Å². The molecule has 1 aromatic rings. The zero-order valence-electron chi connectivity index (χ0n) is 22.8. The predicted octanol–water partition coefficient (Wildman–Crippen LogP) is 4.59. The largest absolute Gasteiger partial charge is 0.490 e. The smallest absolute Gasteiger partial charge is 0.475 e. The van der Waals surface area contributed by atoms with Gasteiger partial charge in [0.1, 0.15) is 11.5 Å². The van der Waals surface area contributed by atoms with E-state index in [9.17, 15) is 31.1 Å². The third-order valence-electron chi connectivity index (χ3n) is 6.31. The number of likely N-dealkylation sites (tertiary alicyclic amines) is 2. The van der Waals surface area contributed by atoms with Gasteiger partial charge in [-0.15, -0.1) is 0 Å². The number of hydrogen-bond acceptors (Lipinski definition) is 7. The summed E-state index contributed by atoms with van der Waals surface area (Å²) in [5, 5.41) is 14.2. The number of fused-ring (bicyclic) bond motifs is 1. The number of hydrogen-bond donors (Lipinski definition) is 2. The Kier molecular flexibility index (Phi) is 13.0. The number of alkyl halides is 6. The first-order valence-electron chi connectivity index (χ1n) is 12.6. The van der Waals surface area contributed by atoms with Crippen LogP contribution in [0.1, 0.15) is 45.1 Å². The van der Waals surface area contributed by atoms with Gasteiger partial charge in [-0.1, -0.05) is 13.8 Å². The van der Waals surface area contributed by atoms with Crippen LogP contribution in [0.2, 0.25) is 0 Å². The summed E-state index contributed by atoms with van der Waals surface area (Å²) in [6.45, 7) is 14.5. The fourth-order valence-electron chi connectivity index (χ4n) is 4.81. The summed E-state index contributed by atoms with van der Waals surface area (Å²) >= 11 is 0. The van der Waals surface area contributed by atoms with E-state index < -0.39 is 24.3 Å². The molecule has 0 unspecified atom stereocenters. The molecular formula is C25H36F6N2O7. The van der Waals surface area contributed by atoms with Gasteiger partial charge in [0.15, 0.2) is 0 Å². The number of ether oxygens (including phenoxy) is 1. The third kappa shape index (κ3) is 11.0. The van der Waals surface area contributed by atoms with E-state index in [0.717, 1.165) is 63.6 Å². The molecular weight excluding hydrogens is 554 g/mol. The molecule has 2 aliphatic rings. The van der Waals surface area contributed by atoms with Crippen LogP contribution < -0.4 is 0 Å². The molecule has 230 valence electrons. The molecule has 2 saturated heterocycles. The fourth-order valence-corrected chi connectivity index (χ4v) is 4.81. The van der Waals surface area contributed by atoms with E-state index in [1.165, 1.54) is 0 Å². The Morgan fingerprint density at radius 1 is 1.05 bits per heavy atom. The van der Waals surface area contributed by atoms with E-state index in [1.807, 2.05) is 19.9 Å². The maximum atomic E-state index is 13.0. The molecule has 9 nitrogen and oxygen atoms in total. The van der Waals surface area contributed by atoms with Crippen LogP contribution >= 0.6 is 0 Å². The molecule has 0 bridgehead atoms. The van der Waals surface area contributed by atoms with Crippen molar-refractivity contribution in [3.05, 3.63) is 23.7 Å². The van der Waals surface area contributed by atoms with Crippen molar-refractivity contribution in [1.82, 2.24) is 9.80 Å². The van der Waals surface area contributed by atoms with Gasteiger partial charge < -0.3 is 24.3 Å². The number of aryl methyl sites for hydroxylation is 1. The summed E-state index contributed by atoms with van der Waals surface area (Å²) in [5.74, 6) is -2.58. The summed E-state index contributed by atoms with van der Waals surface area (Å²) in [4.78, 5) is 35.7. The Morgan fingerprint density at radius 2 is 1.57 bits per heavy atom. The molecule has 1 aromatic heterocycles. The van der Waals surface area contributed by atoms with E-state index in [0.29, 0.717) is 18.4 Å². The highest BCUT2D eigenvalue weighted by Crippen LogP contribution is 2.44. The van der Waals surface area contributed by atoms with Crippen molar-refractivity contribution in [1.29, 1.82) is 0 Å².